The average Bonchev–Trinajstić information content (AvgIpc) is 3.07. The minimum Gasteiger partial charge on any atom is -0.348 e. The summed E-state index contributed by atoms with van der Waals surface area (Å²) in [6.45, 7) is 3.21. The van der Waals surface area contributed by atoms with Gasteiger partial charge in [0.05, 0.1) is 18.3 Å². The van der Waals surface area contributed by atoms with Gasteiger partial charge in [0.15, 0.2) is 0 Å². The summed E-state index contributed by atoms with van der Waals surface area (Å²) in [5.41, 5.74) is 2.62. The number of aryl methyl sites for hydroxylation is 1. The number of carbonyl (C=O) groups excluding carboxylic acids is 1. The Morgan fingerprint density at radius 3 is 2.96 bits per heavy atom. The highest BCUT2D eigenvalue weighted by Crippen LogP contribution is 2.31. The van der Waals surface area contributed by atoms with Crippen molar-refractivity contribution in [2.75, 3.05) is 32.5 Å². The van der Waals surface area contributed by atoms with Gasteiger partial charge in [0, 0.05) is 20.2 Å². The first-order valence-electron chi connectivity index (χ1n) is 8.36. The molecule has 25 heavy (non-hydrogen) atoms. The lowest BCUT2D eigenvalue weighted by Gasteiger charge is -2.35. The van der Waals surface area contributed by atoms with E-state index in [0.717, 1.165) is 31.5 Å². The maximum atomic E-state index is 12.2. The molecule has 0 aliphatic carbocycles. The van der Waals surface area contributed by atoms with Crippen LogP contribution in [0.25, 0.3) is 0 Å². The van der Waals surface area contributed by atoms with Crippen molar-refractivity contribution in [1.29, 1.82) is 0 Å². The largest absolute Gasteiger partial charge is 0.348 e. The molecule has 134 valence electrons. The van der Waals surface area contributed by atoms with Gasteiger partial charge in [-0.2, -0.15) is 0 Å². The van der Waals surface area contributed by atoms with Crippen LogP contribution >= 0.6 is 11.3 Å². The third-order valence-electron chi connectivity index (χ3n) is 4.25. The fraction of sp³-hybridized carbons (Fsp3) is 0.562. The van der Waals surface area contributed by atoms with Gasteiger partial charge >= 0.3 is 0 Å². The first-order chi connectivity index (χ1) is 12.0. The second-order valence-electron chi connectivity index (χ2n) is 6.36. The standard InChI is InChI=1S/C16H23N7OS/c1-11-18-12(8-14(19-11)20-16-21-17-10-25-16)13-6-4-5-7-23(13)9-15(24)22(2)3/h8,10,13H,4-7,9H2,1-3H3,(H,18,19,20,21)/t13-/m0/s1. The number of carbonyl (C=O) groups is 1. The van der Waals surface area contributed by atoms with Crippen molar-refractivity contribution in [3.8, 4) is 0 Å². The molecule has 0 radical (unpaired) electrons. The Kier molecular flexibility index (Phi) is 5.54. The fourth-order valence-electron chi connectivity index (χ4n) is 2.99. The van der Waals surface area contributed by atoms with Crippen molar-refractivity contribution in [1.82, 2.24) is 30.0 Å². The summed E-state index contributed by atoms with van der Waals surface area (Å²) in [7, 11) is 3.58. The minimum absolute atomic E-state index is 0.116. The van der Waals surface area contributed by atoms with Crippen LogP contribution in [0.3, 0.4) is 0 Å². The van der Waals surface area contributed by atoms with Crippen LogP contribution in [0.15, 0.2) is 11.6 Å². The quantitative estimate of drug-likeness (QED) is 0.871. The molecule has 0 spiro atoms. The fourth-order valence-corrected chi connectivity index (χ4v) is 3.44. The van der Waals surface area contributed by atoms with Gasteiger partial charge in [0.2, 0.25) is 11.0 Å². The summed E-state index contributed by atoms with van der Waals surface area (Å²) >= 11 is 1.42. The van der Waals surface area contributed by atoms with Gasteiger partial charge in [0.25, 0.3) is 0 Å². The van der Waals surface area contributed by atoms with Crippen LogP contribution in [-0.2, 0) is 4.79 Å². The molecule has 1 fully saturated rings. The lowest BCUT2D eigenvalue weighted by atomic mass is 9.99. The zero-order chi connectivity index (χ0) is 17.8. The average molecular weight is 361 g/mol. The Morgan fingerprint density at radius 1 is 1.40 bits per heavy atom. The van der Waals surface area contributed by atoms with E-state index in [2.05, 4.69) is 30.4 Å². The predicted octanol–water partition coefficient (Wildman–Crippen LogP) is 2.00. The summed E-state index contributed by atoms with van der Waals surface area (Å²) in [6.07, 6.45) is 3.24. The molecule has 9 heteroatoms. The van der Waals surface area contributed by atoms with Crippen molar-refractivity contribution in [3.63, 3.8) is 0 Å². The van der Waals surface area contributed by atoms with Crippen molar-refractivity contribution >= 4 is 28.2 Å². The third kappa shape index (κ3) is 4.49. The maximum Gasteiger partial charge on any atom is 0.236 e. The SMILES string of the molecule is Cc1nc(Nc2nncs2)cc([C@@H]2CCCCN2CC(=O)N(C)C)n1. The molecular weight excluding hydrogens is 338 g/mol. The highest BCUT2D eigenvalue weighted by Gasteiger charge is 2.27. The van der Waals surface area contributed by atoms with Gasteiger partial charge in [-0.1, -0.05) is 17.8 Å². The topological polar surface area (TPSA) is 87.1 Å². The summed E-state index contributed by atoms with van der Waals surface area (Å²) < 4.78 is 0. The number of amides is 1. The van der Waals surface area contributed by atoms with E-state index >= 15 is 0 Å². The van der Waals surface area contributed by atoms with Crippen molar-refractivity contribution in [2.45, 2.75) is 32.2 Å². The molecule has 2 aromatic heterocycles. The van der Waals surface area contributed by atoms with Crippen LogP contribution in [0.2, 0.25) is 0 Å². The van der Waals surface area contributed by atoms with Crippen molar-refractivity contribution in [2.24, 2.45) is 0 Å². The Balaban J connectivity index is 1.82. The first kappa shape index (κ1) is 17.7. The number of anilines is 2. The third-order valence-corrected chi connectivity index (χ3v) is 4.85. The molecule has 1 amide bonds. The summed E-state index contributed by atoms with van der Waals surface area (Å²) in [5, 5.41) is 11.7. The highest BCUT2D eigenvalue weighted by molar-refractivity contribution is 7.13. The number of nitrogens with one attached hydrogen (secondary N) is 1. The first-order valence-corrected chi connectivity index (χ1v) is 9.24. The van der Waals surface area contributed by atoms with Crippen LogP contribution < -0.4 is 5.32 Å². The van der Waals surface area contributed by atoms with Crippen LogP contribution in [0.1, 0.15) is 36.8 Å². The number of aromatic nitrogens is 4. The number of likely N-dealkylation sites (N-methyl/N-ethyl adjacent to an activating group) is 1. The highest BCUT2D eigenvalue weighted by atomic mass is 32.1. The van der Waals surface area contributed by atoms with Gasteiger partial charge < -0.3 is 10.2 Å². The van der Waals surface area contributed by atoms with E-state index in [1.54, 1.807) is 24.5 Å². The molecule has 1 saturated heterocycles. The molecule has 8 nitrogen and oxygen atoms in total. The Labute approximate surface area is 151 Å². The van der Waals surface area contributed by atoms with Gasteiger partial charge in [-0.15, -0.1) is 10.2 Å². The Bertz CT molecular complexity index is 719. The number of hydrogen-bond donors (Lipinski definition) is 1. The van der Waals surface area contributed by atoms with Crippen LogP contribution in [-0.4, -0.2) is 63.1 Å². The number of piperidine rings is 1. The summed E-state index contributed by atoms with van der Waals surface area (Å²) in [4.78, 5) is 25.1. The van der Waals surface area contributed by atoms with E-state index in [1.807, 2.05) is 13.0 Å². The number of likely N-dealkylation sites (tertiary alicyclic amines) is 1. The van der Waals surface area contributed by atoms with Crippen molar-refractivity contribution in [3.05, 3.63) is 23.1 Å². The van der Waals surface area contributed by atoms with Crippen LogP contribution in [0.4, 0.5) is 10.9 Å². The molecule has 1 aliphatic rings. The lowest BCUT2D eigenvalue weighted by Crippen LogP contribution is -2.41. The second kappa shape index (κ2) is 7.83. The molecule has 0 aromatic carbocycles. The number of hydrogen-bond acceptors (Lipinski definition) is 8. The molecule has 1 atom stereocenters. The van der Waals surface area contributed by atoms with Gasteiger partial charge in [-0.25, -0.2) is 9.97 Å². The zero-order valence-corrected chi connectivity index (χ0v) is 15.6. The van der Waals surface area contributed by atoms with Gasteiger partial charge in [-0.05, 0) is 26.3 Å². The molecule has 0 unspecified atom stereocenters. The Morgan fingerprint density at radius 2 is 2.24 bits per heavy atom. The molecule has 1 aliphatic heterocycles. The van der Waals surface area contributed by atoms with E-state index in [0.29, 0.717) is 23.3 Å². The molecule has 0 saturated carbocycles. The summed E-state index contributed by atoms with van der Waals surface area (Å²) in [6, 6.07) is 2.09. The molecule has 3 rings (SSSR count). The molecule has 3 heterocycles. The van der Waals surface area contributed by atoms with Gasteiger partial charge in [-0.3, -0.25) is 9.69 Å². The monoisotopic (exact) mass is 361 g/mol. The number of rotatable bonds is 5. The smallest absolute Gasteiger partial charge is 0.236 e. The van der Waals surface area contributed by atoms with Crippen LogP contribution in [0, 0.1) is 6.92 Å². The van der Waals surface area contributed by atoms with Crippen molar-refractivity contribution < 1.29 is 4.79 Å². The molecular formula is C16H23N7OS. The second-order valence-corrected chi connectivity index (χ2v) is 7.20. The van der Waals surface area contributed by atoms with E-state index < -0.39 is 0 Å². The molecule has 1 N–H and O–H groups in total. The summed E-state index contributed by atoms with van der Waals surface area (Å²) in [5.74, 6) is 1.53. The number of nitrogens with zero attached hydrogens (tertiary/aromatic N) is 6. The molecule has 0 bridgehead atoms. The van der Waals surface area contributed by atoms with E-state index in [-0.39, 0.29) is 11.9 Å². The lowest BCUT2D eigenvalue weighted by molar-refractivity contribution is -0.130. The van der Waals surface area contributed by atoms with E-state index in [9.17, 15) is 4.79 Å². The van der Waals surface area contributed by atoms with E-state index in [1.165, 1.54) is 11.3 Å². The van der Waals surface area contributed by atoms with Gasteiger partial charge in [0.1, 0.15) is 17.2 Å². The van der Waals surface area contributed by atoms with E-state index in [4.69, 9.17) is 0 Å². The predicted molar refractivity (Wildman–Crippen MR) is 96.8 cm³/mol. The van der Waals surface area contributed by atoms with Crippen LogP contribution in [0.5, 0.6) is 0 Å². The Hall–Kier alpha value is -2.13. The zero-order valence-electron chi connectivity index (χ0n) is 14.8. The molecule has 2 aromatic rings. The normalized spacial score (nSPS) is 18.1. The maximum absolute atomic E-state index is 12.2. The minimum atomic E-state index is 0.116.